The highest BCUT2D eigenvalue weighted by molar-refractivity contribution is 6.06. The summed E-state index contributed by atoms with van der Waals surface area (Å²) in [5.41, 5.74) is 3.27. The third kappa shape index (κ3) is 5.25. The first-order valence-electron chi connectivity index (χ1n) is 11.9. The Morgan fingerprint density at radius 1 is 1.08 bits per heavy atom. The number of amides is 1. The molecule has 8 nitrogen and oxygen atoms in total. The average Bonchev–Trinajstić information content (AvgIpc) is 2.91. The number of hydrogen-bond acceptors (Lipinski definition) is 7. The predicted molar refractivity (Wildman–Crippen MR) is 138 cm³/mol. The van der Waals surface area contributed by atoms with Gasteiger partial charge >= 0.3 is 0 Å². The van der Waals surface area contributed by atoms with Crippen molar-refractivity contribution in [3.05, 3.63) is 72.1 Å². The molecule has 0 aliphatic rings. The molecule has 1 amide bonds. The van der Waals surface area contributed by atoms with E-state index in [-0.39, 0.29) is 28.7 Å². The van der Waals surface area contributed by atoms with Crippen LogP contribution >= 0.6 is 0 Å². The molecule has 3 heterocycles. The monoisotopic (exact) mass is 488 g/mol. The number of nitrogens with zero attached hydrogens (tertiary/aromatic N) is 4. The first kappa shape index (κ1) is 25.0. The van der Waals surface area contributed by atoms with Crippen LogP contribution in [0.25, 0.3) is 22.2 Å². The number of halogens is 1. The summed E-state index contributed by atoms with van der Waals surface area (Å²) < 4.78 is 20.1. The fourth-order valence-corrected chi connectivity index (χ4v) is 4.06. The second-order valence-corrected chi connectivity index (χ2v) is 8.55. The Morgan fingerprint density at radius 2 is 1.92 bits per heavy atom. The van der Waals surface area contributed by atoms with Crippen LogP contribution in [0.5, 0.6) is 5.88 Å². The zero-order valence-corrected chi connectivity index (χ0v) is 20.7. The van der Waals surface area contributed by atoms with Crippen molar-refractivity contribution in [3.8, 4) is 17.1 Å². The van der Waals surface area contributed by atoms with E-state index < -0.39 is 5.82 Å². The number of carbonyl (C=O) groups excluding carboxylic acids is 1. The van der Waals surface area contributed by atoms with E-state index in [2.05, 4.69) is 44.4 Å². The topological polar surface area (TPSA) is 102 Å². The fourth-order valence-electron chi connectivity index (χ4n) is 4.06. The summed E-state index contributed by atoms with van der Waals surface area (Å²) in [6.07, 6.45) is 4.78. The van der Waals surface area contributed by atoms with Crippen molar-refractivity contribution < 1.29 is 13.9 Å². The van der Waals surface area contributed by atoms with E-state index in [9.17, 15) is 9.18 Å². The van der Waals surface area contributed by atoms with E-state index in [0.717, 1.165) is 16.8 Å². The molecule has 186 valence electrons. The molecule has 4 rings (SSSR count). The maximum atomic E-state index is 14.7. The number of carbonyl (C=O) groups is 1. The summed E-state index contributed by atoms with van der Waals surface area (Å²) in [6.45, 7) is 7.27. The number of fused-ring (bicyclic) bond motifs is 1. The Bertz CT molecular complexity index is 1360. The number of nitrogens with one attached hydrogen (secondary N) is 2. The molecule has 2 atom stereocenters. The summed E-state index contributed by atoms with van der Waals surface area (Å²) in [6, 6.07) is 10.3. The van der Waals surface area contributed by atoms with E-state index in [1.165, 1.54) is 25.5 Å². The minimum absolute atomic E-state index is 0.0321. The summed E-state index contributed by atoms with van der Waals surface area (Å²) in [7, 11) is 1.53. The van der Waals surface area contributed by atoms with Gasteiger partial charge < -0.3 is 15.4 Å². The number of aromatic nitrogens is 4. The van der Waals surface area contributed by atoms with Crippen LogP contribution in [0.3, 0.4) is 0 Å². The molecule has 36 heavy (non-hydrogen) atoms. The lowest BCUT2D eigenvalue weighted by molar-refractivity contribution is 0.0964. The van der Waals surface area contributed by atoms with Gasteiger partial charge in [0.25, 0.3) is 5.91 Å². The Balaban J connectivity index is 1.51. The molecule has 0 saturated carbocycles. The van der Waals surface area contributed by atoms with Crippen LogP contribution in [0.2, 0.25) is 0 Å². The lowest BCUT2D eigenvalue weighted by Crippen LogP contribution is -2.20. The van der Waals surface area contributed by atoms with E-state index in [1.807, 2.05) is 25.1 Å². The second-order valence-electron chi connectivity index (χ2n) is 8.55. The van der Waals surface area contributed by atoms with Crippen molar-refractivity contribution in [1.29, 1.82) is 0 Å². The lowest BCUT2D eigenvalue weighted by atomic mass is 9.86. The third-order valence-electron chi connectivity index (χ3n) is 6.28. The van der Waals surface area contributed by atoms with Gasteiger partial charge in [-0.05, 0) is 42.5 Å². The minimum Gasteiger partial charge on any atom is -0.478 e. The van der Waals surface area contributed by atoms with Crippen LogP contribution in [0.1, 0.15) is 42.6 Å². The number of ether oxygens (including phenoxy) is 1. The van der Waals surface area contributed by atoms with Crippen LogP contribution < -0.4 is 15.4 Å². The number of benzene rings is 1. The number of rotatable bonds is 9. The molecule has 0 aliphatic carbocycles. The fraction of sp³-hybridized carbons (Fsp3) is 0.296. The molecule has 0 radical (unpaired) electrons. The molecular formula is C27H29FN6O2. The Morgan fingerprint density at radius 3 is 2.64 bits per heavy atom. The van der Waals surface area contributed by atoms with Gasteiger partial charge in [0.2, 0.25) is 5.88 Å². The quantitative estimate of drug-likeness (QED) is 0.348. The zero-order valence-electron chi connectivity index (χ0n) is 20.7. The van der Waals surface area contributed by atoms with Gasteiger partial charge in [0.05, 0.1) is 23.4 Å². The van der Waals surface area contributed by atoms with Crippen LogP contribution in [0.4, 0.5) is 10.2 Å². The average molecular weight is 489 g/mol. The van der Waals surface area contributed by atoms with Crippen molar-refractivity contribution in [2.45, 2.75) is 26.7 Å². The molecule has 3 aromatic heterocycles. The summed E-state index contributed by atoms with van der Waals surface area (Å²) in [5.74, 6) is 0.636. The van der Waals surface area contributed by atoms with Gasteiger partial charge in [0.1, 0.15) is 18.0 Å². The second kappa shape index (κ2) is 11.1. The smallest absolute Gasteiger partial charge is 0.251 e. The van der Waals surface area contributed by atoms with Gasteiger partial charge in [-0.2, -0.15) is 0 Å². The van der Waals surface area contributed by atoms with Crippen molar-refractivity contribution in [1.82, 2.24) is 25.3 Å². The molecule has 0 saturated heterocycles. The Labute approximate surface area is 209 Å². The molecule has 4 aromatic rings. The van der Waals surface area contributed by atoms with Gasteiger partial charge in [0, 0.05) is 49.1 Å². The largest absolute Gasteiger partial charge is 0.478 e. The van der Waals surface area contributed by atoms with Gasteiger partial charge in [-0.1, -0.05) is 19.9 Å². The van der Waals surface area contributed by atoms with E-state index >= 15 is 0 Å². The third-order valence-corrected chi connectivity index (χ3v) is 6.28. The molecule has 0 spiro atoms. The predicted octanol–water partition coefficient (Wildman–Crippen LogP) is 4.84. The van der Waals surface area contributed by atoms with E-state index in [1.54, 1.807) is 18.5 Å². The summed E-state index contributed by atoms with van der Waals surface area (Å²) >= 11 is 0. The SMILES string of the molecule is CCOc1ccc(-c2cc(NCC(C)C(C)c3ccc(F)c4c(C(=O)NC)ccnc34)ncn2)cn1. The normalized spacial score (nSPS) is 12.7. The van der Waals surface area contributed by atoms with E-state index in [4.69, 9.17) is 4.74 Å². The highest BCUT2D eigenvalue weighted by atomic mass is 19.1. The molecule has 1 aromatic carbocycles. The van der Waals surface area contributed by atoms with Gasteiger partial charge in [-0.15, -0.1) is 0 Å². The molecule has 0 fully saturated rings. The lowest BCUT2D eigenvalue weighted by Gasteiger charge is -2.22. The highest BCUT2D eigenvalue weighted by Crippen LogP contribution is 2.32. The number of hydrogen-bond donors (Lipinski definition) is 2. The van der Waals surface area contributed by atoms with Crippen molar-refractivity contribution in [2.75, 3.05) is 25.5 Å². The minimum atomic E-state index is -0.462. The molecule has 9 heteroatoms. The molecular weight excluding hydrogens is 459 g/mol. The van der Waals surface area contributed by atoms with Crippen molar-refractivity contribution in [3.63, 3.8) is 0 Å². The van der Waals surface area contributed by atoms with Crippen LogP contribution in [0.15, 0.2) is 55.1 Å². The van der Waals surface area contributed by atoms with Crippen LogP contribution in [-0.4, -0.2) is 46.0 Å². The summed E-state index contributed by atoms with van der Waals surface area (Å²) in [4.78, 5) is 29.7. The Kier molecular flexibility index (Phi) is 7.68. The van der Waals surface area contributed by atoms with Crippen LogP contribution in [0, 0.1) is 11.7 Å². The van der Waals surface area contributed by atoms with Gasteiger partial charge in [0.15, 0.2) is 0 Å². The van der Waals surface area contributed by atoms with Crippen molar-refractivity contribution in [2.24, 2.45) is 5.92 Å². The Hall–Kier alpha value is -4.14. The highest BCUT2D eigenvalue weighted by Gasteiger charge is 2.22. The first-order chi connectivity index (χ1) is 17.4. The standard InChI is InChI=1S/C27H29FN6O2/c1-5-36-24-9-6-18(14-32-24)22-12-23(34-15-33-22)31-13-16(2)17(3)19-7-8-21(28)25-20(27(35)29-4)10-11-30-26(19)25/h6-12,14-17H,5,13H2,1-4H3,(H,29,35)(H,31,33,34). The zero-order chi connectivity index (χ0) is 25.7. The maximum Gasteiger partial charge on any atom is 0.251 e. The first-order valence-corrected chi connectivity index (χ1v) is 11.9. The maximum absolute atomic E-state index is 14.7. The van der Waals surface area contributed by atoms with Crippen LogP contribution in [-0.2, 0) is 0 Å². The van der Waals surface area contributed by atoms with Gasteiger partial charge in [-0.3, -0.25) is 9.78 Å². The van der Waals surface area contributed by atoms with E-state index in [0.29, 0.717) is 30.4 Å². The molecule has 0 bridgehead atoms. The van der Waals surface area contributed by atoms with Gasteiger partial charge in [-0.25, -0.2) is 19.3 Å². The number of pyridine rings is 2. The molecule has 2 unspecified atom stereocenters. The number of anilines is 1. The van der Waals surface area contributed by atoms with Crippen molar-refractivity contribution >= 4 is 22.6 Å². The summed E-state index contributed by atoms with van der Waals surface area (Å²) in [5, 5.41) is 6.19. The molecule has 2 N–H and O–H groups in total. The molecule has 0 aliphatic heterocycles.